The molecule has 1 aromatic rings. The average Bonchev–Trinajstić information content (AvgIpc) is 3.09. The van der Waals surface area contributed by atoms with Gasteiger partial charge in [-0.05, 0) is 49.3 Å². The second kappa shape index (κ2) is 6.06. The van der Waals surface area contributed by atoms with Crippen LogP contribution in [0, 0.1) is 5.92 Å². The summed E-state index contributed by atoms with van der Waals surface area (Å²) in [7, 11) is -3.17. The molecule has 0 heterocycles. The lowest BCUT2D eigenvalue weighted by Crippen LogP contribution is -2.17. The zero-order chi connectivity index (χ0) is 13.0. The van der Waals surface area contributed by atoms with E-state index in [4.69, 9.17) is 0 Å². The second-order valence-corrected chi connectivity index (χ2v) is 7.38. The van der Waals surface area contributed by atoms with Gasteiger partial charge < -0.3 is 0 Å². The first-order chi connectivity index (χ1) is 8.59. The van der Waals surface area contributed by atoms with E-state index in [0.717, 1.165) is 31.0 Å². The summed E-state index contributed by atoms with van der Waals surface area (Å²) >= 11 is 3.40. The van der Waals surface area contributed by atoms with Crippen molar-refractivity contribution in [2.24, 2.45) is 5.92 Å². The third kappa shape index (κ3) is 4.61. The van der Waals surface area contributed by atoms with Crippen LogP contribution < -0.4 is 4.72 Å². The monoisotopic (exact) mass is 331 g/mol. The van der Waals surface area contributed by atoms with E-state index >= 15 is 0 Å². The van der Waals surface area contributed by atoms with Crippen LogP contribution in [0.5, 0.6) is 0 Å². The molecule has 1 aromatic carbocycles. The molecule has 5 heteroatoms. The van der Waals surface area contributed by atoms with Crippen LogP contribution in [0.25, 0.3) is 0 Å². The number of anilines is 1. The highest BCUT2D eigenvalue weighted by atomic mass is 79.9. The minimum absolute atomic E-state index is 0.263. The van der Waals surface area contributed by atoms with Gasteiger partial charge in [-0.15, -0.1) is 0 Å². The Balaban J connectivity index is 1.99. The highest BCUT2D eigenvalue weighted by Crippen LogP contribution is 2.30. The van der Waals surface area contributed by atoms with Crippen molar-refractivity contribution in [2.45, 2.75) is 25.7 Å². The number of benzene rings is 1. The number of sulfonamides is 1. The average molecular weight is 332 g/mol. The van der Waals surface area contributed by atoms with Crippen LogP contribution in [-0.4, -0.2) is 19.5 Å². The Bertz CT molecular complexity index is 497. The molecule has 3 nitrogen and oxygen atoms in total. The Morgan fingerprint density at radius 3 is 2.78 bits per heavy atom. The first-order valence-corrected chi connectivity index (χ1v) is 9.02. The predicted molar refractivity (Wildman–Crippen MR) is 78.7 cm³/mol. The second-order valence-electron chi connectivity index (χ2n) is 4.82. The number of hydrogen-bond acceptors (Lipinski definition) is 2. The largest absolute Gasteiger partial charge is 0.284 e. The van der Waals surface area contributed by atoms with Crippen molar-refractivity contribution in [1.29, 1.82) is 0 Å². The van der Waals surface area contributed by atoms with E-state index in [0.29, 0.717) is 11.6 Å². The van der Waals surface area contributed by atoms with Gasteiger partial charge in [-0.2, -0.15) is 0 Å². The fourth-order valence-corrected chi connectivity index (χ4v) is 3.68. The van der Waals surface area contributed by atoms with E-state index in [-0.39, 0.29) is 5.75 Å². The van der Waals surface area contributed by atoms with Gasteiger partial charge >= 0.3 is 0 Å². The van der Waals surface area contributed by atoms with Crippen LogP contribution in [0.2, 0.25) is 0 Å². The highest BCUT2D eigenvalue weighted by molar-refractivity contribution is 9.09. The number of rotatable bonds is 7. The number of nitrogens with one attached hydrogen (secondary N) is 1. The maximum absolute atomic E-state index is 11.9. The van der Waals surface area contributed by atoms with Gasteiger partial charge in [-0.1, -0.05) is 28.1 Å². The molecular formula is C13H18BrNO2S. The molecule has 100 valence electrons. The lowest BCUT2D eigenvalue weighted by Gasteiger charge is -2.09. The van der Waals surface area contributed by atoms with Crippen molar-refractivity contribution in [1.82, 2.24) is 0 Å². The van der Waals surface area contributed by atoms with E-state index in [9.17, 15) is 8.42 Å². The summed E-state index contributed by atoms with van der Waals surface area (Å²) in [6.45, 7) is 0. The fraction of sp³-hybridized carbons (Fsp3) is 0.538. The molecule has 1 N–H and O–H groups in total. The minimum Gasteiger partial charge on any atom is -0.284 e. The van der Waals surface area contributed by atoms with Crippen molar-refractivity contribution in [3.63, 3.8) is 0 Å². The van der Waals surface area contributed by atoms with Crippen molar-refractivity contribution >= 4 is 31.6 Å². The van der Waals surface area contributed by atoms with Crippen molar-refractivity contribution in [2.75, 3.05) is 15.8 Å². The molecule has 0 spiro atoms. The summed E-state index contributed by atoms with van der Waals surface area (Å²) in [5.41, 5.74) is 1.85. The van der Waals surface area contributed by atoms with Gasteiger partial charge in [0.05, 0.1) is 5.75 Å². The molecule has 1 aliphatic rings. The standard InChI is InChI=1S/C13H18BrNO2S/c14-8-2-4-11-3-1-5-13(9-11)15-18(16,17)10-12-6-7-12/h1,3,5,9,12,15H,2,4,6-8,10H2. The lowest BCUT2D eigenvalue weighted by molar-refractivity contribution is 0.597. The first kappa shape index (κ1) is 13.9. The summed E-state index contributed by atoms with van der Waals surface area (Å²) in [4.78, 5) is 0. The lowest BCUT2D eigenvalue weighted by atomic mass is 10.1. The smallest absolute Gasteiger partial charge is 0.232 e. The van der Waals surface area contributed by atoms with Gasteiger partial charge in [-0.3, -0.25) is 4.72 Å². The van der Waals surface area contributed by atoms with Gasteiger partial charge in [0.2, 0.25) is 10.0 Å². The van der Waals surface area contributed by atoms with Gasteiger partial charge in [0, 0.05) is 11.0 Å². The summed E-state index contributed by atoms with van der Waals surface area (Å²) in [5, 5.41) is 0.963. The molecule has 1 saturated carbocycles. The van der Waals surface area contributed by atoms with E-state index in [1.165, 1.54) is 5.56 Å². The van der Waals surface area contributed by atoms with E-state index in [1.54, 1.807) is 0 Å². The molecule has 0 unspecified atom stereocenters. The van der Waals surface area contributed by atoms with Crippen molar-refractivity contribution in [3.8, 4) is 0 Å². The van der Waals surface area contributed by atoms with Crippen LogP contribution in [0.15, 0.2) is 24.3 Å². The molecule has 1 fully saturated rings. The summed E-state index contributed by atoms with van der Waals surface area (Å²) in [6.07, 6.45) is 4.11. The van der Waals surface area contributed by atoms with Gasteiger partial charge in [-0.25, -0.2) is 8.42 Å². The molecule has 0 bridgehead atoms. The molecule has 1 aliphatic carbocycles. The van der Waals surface area contributed by atoms with Gasteiger partial charge in [0.1, 0.15) is 0 Å². The number of halogens is 1. The highest BCUT2D eigenvalue weighted by Gasteiger charge is 2.27. The van der Waals surface area contributed by atoms with Crippen molar-refractivity contribution < 1.29 is 8.42 Å². The van der Waals surface area contributed by atoms with Crippen LogP contribution in [0.4, 0.5) is 5.69 Å². The van der Waals surface area contributed by atoms with Gasteiger partial charge in [0.15, 0.2) is 0 Å². The minimum atomic E-state index is -3.17. The van der Waals surface area contributed by atoms with Gasteiger partial charge in [0.25, 0.3) is 0 Å². The maximum atomic E-state index is 11.9. The normalized spacial score (nSPS) is 15.6. The molecule has 0 atom stereocenters. The van der Waals surface area contributed by atoms with Crippen LogP contribution >= 0.6 is 15.9 Å². The van der Waals surface area contributed by atoms with E-state index < -0.39 is 10.0 Å². The molecule has 0 aliphatic heterocycles. The SMILES string of the molecule is O=S(=O)(CC1CC1)Nc1cccc(CCCBr)c1. The molecule has 0 radical (unpaired) electrons. The quantitative estimate of drug-likeness (QED) is 0.780. The number of alkyl halides is 1. The predicted octanol–water partition coefficient (Wildman–Crippen LogP) is 3.17. The Kier molecular flexibility index (Phi) is 4.67. The third-order valence-electron chi connectivity index (χ3n) is 2.95. The van der Waals surface area contributed by atoms with Crippen LogP contribution in [0.1, 0.15) is 24.8 Å². The topological polar surface area (TPSA) is 46.2 Å². The maximum Gasteiger partial charge on any atom is 0.232 e. The first-order valence-electron chi connectivity index (χ1n) is 6.24. The van der Waals surface area contributed by atoms with Crippen LogP contribution in [0.3, 0.4) is 0 Å². The van der Waals surface area contributed by atoms with E-state index in [1.807, 2.05) is 24.3 Å². The third-order valence-corrected chi connectivity index (χ3v) is 4.97. The molecule has 0 saturated heterocycles. The Labute approximate surface area is 117 Å². The zero-order valence-electron chi connectivity index (χ0n) is 10.2. The Morgan fingerprint density at radius 2 is 2.11 bits per heavy atom. The molecule has 0 aromatic heterocycles. The number of aryl methyl sites for hydroxylation is 1. The number of hydrogen-bond donors (Lipinski definition) is 1. The van der Waals surface area contributed by atoms with Crippen LogP contribution in [-0.2, 0) is 16.4 Å². The molecular weight excluding hydrogens is 314 g/mol. The Hall–Kier alpha value is -0.550. The molecule has 0 amide bonds. The Morgan fingerprint density at radius 1 is 1.33 bits per heavy atom. The molecule has 2 rings (SSSR count). The molecule has 18 heavy (non-hydrogen) atoms. The van der Waals surface area contributed by atoms with E-state index in [2.05, 4.69) is 20.7 Å². The van der Waals surface area contributed by atoms with Crippen molar-refractivity contribution in [3.05, 3.63) is 29.8 Å². The fourth-order valence-electron chi connectivity index (χ4n) is 1.88. The zero-order valence-corrected chi connectivity index (χ0v) is 12.6. The summed E-state index contributed by atoms with van der Waals surface area (Å²) < 4.78 is 26.4. The summed E-state index contributed by atoms with van der Waals surface area (Å²) in [6, 6.07) is 7.66. The summed E-state index contributed by atoms with van der Waals surface area (Å²) in [5.74, 6) is 0.637.